The van der Waals surface area contributed by atoms with Crippen LogP contribution in [0, 0.1) is 5.92 Å². The van der Waals surface area contributed by atoms with Crippen molar-refractivity contribution in [2.24, 2.45) is 11.7 Å². The molecule has 3 fully saturated rings. The molecule has 3 rings (SSSR count). The zero-order valence-corrected chi connectivity index (χ0v) is 14.4. The van der Waals surface area contributed by atoms with Gasteiger partial charge in [-0.05, 0) is 32.1 Å². The van der Waals surface area contributed by atoms with Crippen LogP contribution < -0.4 is 11.1 Å². The summed E-state index contributed by atoms with van der Waals surface area (Å²) in [5.74, 6) is 0.363. The van der Waals surface area contributed by atoms with Gasteiger partial charge in [-0.25, -0.2) is 0 Å². The zero-order chi connectivity index (χ0) is 16.1. The van der Waals surface area contributed by atoms with Gasteiger partial charge in [0.15, 0.2) is 0 Å². The standard InChI is InChI=1S/C18H33N3O2/c19-16-6-4-5-15(13-16)17(22)20-14-18(7-2-1-3-8-18)21-9-11-23-12-10-21/h15-16H,1-14,19H2,(H,20,22). The summed E-state index contributed by atoms with van der Waals surface area (Å²) in [5.41, 5.74) is 6.20. The van der Waals surface area contributed by atoms with Crippen LogP contribution in [-0.2, 0) is 9.53 Å². The van der Waals surface area contributed by atoms with Crippen molar-refractivity contribution in [3.63, 3.8) is 0 Å². The first kappa shape index (κ1) is 17.2. The highest BCUT2D eigenvalue weighted by molar-refractivity contribution is 5.78. The summed E-state index contributed by atoms with van der Waals surface area (Å²) in [5, 5.41) is 3.30. The maximum absolute atomic E-state index is 12.6. The molecule has 0 bridgehead atoms. The Morgan fingerprint density at radius 2 is 1.87 bits per heavy atom. The van der Waals surface area contributed by atoms with Crippen molar-refractivity contribution in [3.8, 4) is 0 Å². The minimum atomic E-state index is 0.129. The van der Waals surface area contributed by atoms with Gasteiger partial charge in [0.2, 0.25) is 5.91 Å². The fraction of sp³-hybridized carbons (Fsp3) is 0.944. The molecule has 0 aromatic rings. The second kappa shape index (κ2) is 7.95. The largest absolute Gasteiger partial charge is 0.379 e. The topological polar surface area (TPSA) is 67.6 Å². The smallest absolute Gasteiger partial charge is 0.223 e. The number of nitrogens with zero attached hydrogens (tertiary/aromatic N) is 1. The van der Waals surface area contributed by atoms with Gasteiger partial charge >= 0.3 is 0 Å². The fourth-order valence-corrected chi connectivity index (χ4v) is 4.71. The van der Waals surface area contributed by atoms with E-state index in [0.29, 0.717) is 0 Å². The van der Waals surface area contributed by atoms with Gasteiger partial charge in [0.25, 0.3) is 0 Å². The van der Waals surface area contributed by atoms with Gasteiger partial charge in [0.1, 0.15) is 0 Å². The molecular weight excluding hydrogens is 290 g/mol. The lowest BCUT2D eigenvalue weighted by molar-refractivity contribution is -0.127. The monoisotopic (exact) mass is 323 g/mol. The second-order valence-electron chi connectivity index (χ2n) is 7.73. The van der Waals surface area contributed by atoms with Gasteiger partial charge in [0, 0.05) is 37.1 Å². The molecule has 1 saturated heterocycles. The molecule has 0 spiro atoms. The summed E-state index contributed by atoms with van der Waals surface area (Å²) >= 11 is 0. The Balaban J connectivity index is 1.58. The molecule has 2 unspecified atom stereocenters. The number of nitrogens with two attached hydrogens (primary N) is 1. The summed E-state index contributed by atoms with van der Waals surface area (Å²) < 4.78 is 5.53. The summed E-state index contributed by atoms with van der Waals surface area (Å²) in [7, 11) is 0. The molecule has 3 N–H and O–H groups in total. The van der Waals surface area contributed by atoms with Crippen LogP contribution in [0.25, 0.3) is 0 Å². The first-order chi connectivity index (χ1) is 11.2. The molecular formula is C18H33N3O2. The number of carbonyl (C=O) groups is 1. The third kappa shape index (κ3) is 4.25. The number of carbonyl (C=O) groups excluding carboxylic acids is 1. The van der Waals surface area contributed by atoms with E-state index in [-0.39, 0.29) is 23.4 Å². The van der Waals surface area contributed by atoms with Gasteiger partial charge in [0.05, 0.1) is 13.2 Å². The number of morpholine rings is 1. The van der Waals surface area contributed by atoms with Crippen LogP contribution in [0.4, 0.5) is 0 Å². The Morgan fingerprint density at radius 3 is 2.57 bits per heavy atom. The molecule has 3 aliphatic rings. The molecule has 23 heavy (non-hydrogen) atoms. The number of nitrogens with one attached hydrogen (secondary N) is 1. The van der Waals surface area contributed by atoms with Crippen molar-refractivity contribution in [1.29, 1.82) is 0 Å². The molecule has 0 aromatic carbocycles. The maximum Gasteiger partial charge on any atom is 0.223 e. The average molecular weight is 323 g/mol. The lowest BCUT2D eigenvalue weighted by Crippen LogP contribution is -2.60. The first-order valence-corrected chi connectivity index (χ1v) is 9.56. The Morgan fingerprint density at radius 1 is 1.13 bits per heavy atom. The highest BCUT2D eigenvalue weighted by atomic mass is 16.5. The van der Waals surface area contributed by atoms with Gasteiger partial charge in [-0.15, -0.1) is 0 Å². The van der Waals surface area contributed by atoms with E-state index in [0.717, 1.165) is 58.5 Å². The maximum atomic E-state index is 12.6. The lowest BCUT2D eigenvalue weighted by atomic mass is 9.79. The van der Waals surface area contributed by atoms with E-state index < -0.39 is 0 Å². The van der Waals surface area contributed by atoms with Crippen LogP contribution in [0.5, 0.6) is 0 Å². The van der Waals surface area contributed by atoms with Crippen LogP contribution in [0.1, 0.15) is 57.8 Å². The van der Waals surface area contributed by atoms with E-state index in [1.54, 1.807) is 0 Å². The Labute approximate surface area is 140 Å². The van der Waals surface area contributed by atoms with Crippen molar-refractivity contribution in [2.45, 2.75) is 69.4 Å². The molecule has 0 radical (unpaired) electrons. The Bertz CT molecular complexity index is 390. The highest BCUT2D eigenvalue weighted by Gasteiger charge is 2.39. The fourth-order valence-electron chi connectivity index (χ4n) is 4.71. The van der Waals surface area contributed by atoms with Crippen LogP contribution in [0.2, 0.25) is 0 Å². The highest BCUT2D eigenvalue weighted by Crippen LogP contribution is 2.34. The summed E-state index contributed by atoms with van der Waals surface area (Å²) in [6.45, 7) is 4.46. The van der Waals surface area contributed by atoms with Gasteiger partial charge in [-0.2, -0.15) is 0 Å². The van der Waals surface area contributed by atoms with Gasteiger partial charge in [-0.1, -0.05) is 25.7 Å². The number of rotatable bonds is 4. The predicted octanol–water partition coefficient (Wildman–Crippen LogP) is 1.66. The minimum Gasteiger partial charge on any atom is -0.379 e. The number of hydrogen-bond donors (Lipinski definition) is 2. The van der Waals surface area contributed by atoms with Crippen molar-refractivity contribution in [2.75, 3.05) is 32.8 Å². The molecule has 0 aromatic heterocycles. The number of hydrogen-bond acceptors (Lipinski definition) is 4. The first-order valence-electron chi connectivity index (χ1n) is 9.56. The summed E-state index contributed by atoms with van der Waals surface area (Å²) in [4.78, 5) is 15.2. The van der Waals surface area contributed by atoms with E-state index >= 15 is 0 Å². The van der Waals surface area contributed by atoms with Crippen LogP contribution >= 0.6 is 0 Å². The zero-order valence-electron chi connectivity index (χ0n) is 14.4. The molecule has 132 valence electrons. The summed E-state index contributed by atoms with van der Waals surface area (Å²) in [6.07, 6.45) is 10.3. The van der Waals surface area contributed by atoms with Crippen LogP contribution in [0.15, 0.2) is 0 Å². The van der Waals surface area contributed by atoms with Crippen molar-refractivity contribution in [1.82, 2.24) is 10.2 Å². The molecule has 2 aliphatic carbocycles. The minimum absolute atomic E-state index is 0.129. The lowest BCUT2D eigenvalue weighted by Gasteiger charge is -2.48. The molecule has 5 heteroatoms. The molecule has 2 atom stereocenters. The quantitative estimate of drug-likeness (QED) is 0.825. The van der Waals surface area contributed by atoms with E-state index in [1.165, 1.54) is 32.1 Å². The van der Waals surface area contributed by atoms with Crippen molar-refractivity contribution >= 4 is 5.91 Å². The second-order valence-corrected chi connectivity index (χ2v) is 7.73. The third-order valence-electron chi connectivity index (χ3n) is 6.14. The van der Waals surface area contributed by atoms with Gasteiger partial charge < -0.3 is 15.8 Å². The van der Waals surface area contributed by atoms with Crippen molar-refractivity contribution in [3.05, 3.63) is 0 Å². The Kier molecular flexibility index (Phi) is 5.94. The predicted molar refractivity (Wildman–Crippen MR) is 91.2 cm³/mol. The molecule has 1 aliphatic heterocycles. The third-order valence-corrected chi connectivity index (χ3v) is 6.14. The van der Waals surface area contributed by atoms with Crippen LogP contribution in [0.3, 0.4) is 0 Å². The average Bonchev–Trinajstić information content (AvgIpc) is 2.61. The Hall–Kier alpha value is -0.650. The van der Waals surface area contributed by atoms with Crippen LogP contribution in [-0.4, -0.2) is 55.2 Å². The SMILES string of the molecule is NC1CCCC(C(=O)NCC2(N3CCOCC3)CCCCC2)C1. The van der Waals surface area contributed by atoms with Gasteiger partial charge in [-0.3, -0.25) is 9.69 Å². The summed E-state index contributed by atoms with van der Waals surface area (Å²) in [6, 6.07) is 0.211. The van der Waals surface area contributed by atoms with E-state index in [9.17, 15) is 4.79 Å². The normalized spacial score (nSPS) is 32.4. The molecule has 1 amide bonds. The molecule has 5 nitrogen and oxygen atoms in total. The van der Waals surface area contributed by atoms with E-state index in [2.05, 4.69) is 10.2 Å². The van der Waals surface area contributed by atoms with Crippen molar-refractivity contribution < 1.29 is 9.53 Å². The van der Waals surface area contributed by atoms with E-state index in [1.807, 2.05) is 0 Å². The molecule has 1 heterocycles. The number of ether oxygens (including phenoxy) is 1. The number of amides is 1. The van der Waals surface area contributed by atoms with E-state index in [4.69, 9.17) is 10.5 Å². The molecule has 2 saturated carbocycles.